The first-order chi connectivity index (χ1) is 10.2. The summed E-state index contributed by atoms with van der Waals surface area (Å²) in [6.07, 6.45) is 5.07. The molecule has 0 saturated heterocycles. The standard InChI is InChI=1S/C20H30N2/c1-19(2,3)11-13-22(20(4,5)6)15-17-9-7-8-16-10-12-21-14-18(16)17/h7-10,12,14H,11,13,15H2,1-6H3. The number of hydrogen-bond donors (Lipinski definition) is 0. The highest BCUT2D eigenvalue weighted by Crippen LogP contribution is 2.26. The Morgan fingerprint density at radius 3 is 2.36 bits per heavy atom. The maximum absolute atomic E-state index is 4.31. The fraction of sp³-hybridized carbons (Fsp3) is 0.550. The van der Waals surface area contributed by atoms with Gasteiger partial charge in [0.15, 0.2) is 0 Å². The number of rotatable bonds is 4. The van der Waals surface area contributed by atoms with Gasteiger partial charge in [0, 0.05) is 29.9 Å². The van der Waals surface area contributed by atoms with Crippen LogP contribution in [0.2, 0.25) is 0 Å². The van der Waals surface area contributed by atoms with Gasteiger partial charge in [0.05, 0.1) is 0 Å². The van der Waals surface area contributed by atoms with Gasteiger partial charge in [0.1, 0.15) is 0 Å². The Morgan fingerprint density at radius 2 is 1.73 bits per heavy atom. The average Bonchev–Trinajstić information content (AvgIpc) is 2.41. The van der Waals surface area contributed by atoms with E-state index in [2.05, 4.69) is 75.7 Å². The molecular formula is C20H30N2. The molecule has 120 valence electrons. The van der Waals surface area contributed by atoms with Crippen LogP contribution in [0.5, 0.6) is 0 Å². The van der Waals surface area contributed by atoms with Crippen molar-refractivity contribution in [2.45, 2.75) is 60.0 Å². The Morgan fingerprint density at radius 1 is 1.00 bits per heavy atom. The molecule has 0 atom stereocenters. The summed E-state index contributed by atoms with van der Waals surface area (Å²) in [6.45, 7) is 15.9. The first kappa shape index (κ1) is 17.0. The second-order valence-corrected chi connectivity index (χ2v) is 8.42. The van der Waals surface area contributed by atoms with Crippen LogP contribution in [0.25, 0.3) is 10.8 Å². The lowest BCUT2D eigenvalue weighted by atomic mass is 9.91. The molecule has 0 fully saturated rings. The van der Waals surface area contributed by atoms with Crippen LogP contribution in [0.3, 0.4) is 0 Å². The van der Waals surface area contributed by atoms with Crippen molar-refractivity contribution in [2.24, 2.45) is 5.41 Å². The van der Waals surface area contributed by atoms with Crippen LogP contribution in [0.4, 0.5) is 0 Å². The average molecular weight is 298 g/mol. The minimum absolute atomic E-state index is 0.162. The molecule has 1 aromatic heterocycles. The maximum atomic E-state index is 4.31. The molecule has 0 aliphatic carbocycles. The van der Waals surface area contributed by atoms with Gasteiger partial charge < -0.3 is 0 Å². The molecule has 2 rings (SSSR count). The molecule has 0 radical (unpaired) electrons. The summed E-state index contributed by atoms with van der Waals surface area (Å²) in [6, 6.07) is 8.65. The topological polar surface area (TPSA) is 16.1 Å². The first-order valence-electron chi connectivity index (χ1n) is 8.23. The summed E-state index contributed by atoms with van der Waals surface area (Å²) in [7, 11) is 0. The van der Waals surface area contributed by atoms with E-state index in [4.69, 9.17) is 0 Å². The highest BCUT2D eigenvalue weighted by atomic mass is 15.2. The van der Waals surface area contributed by atoms with Gasteiger partial charge in [-0.1, -0.05) is 39.0 Å². The highest BCUT2D eigenvalue weighted by Gasteiger charge is 2.23. The van der Waals surface area contributed by atoms with Gasteiger partial charge in [-0.15, -0.1) is 0 Å². The molecule has 0 saturated carbocycles. The number of nitrogens with zero attached hydrogens (tertiary/aromatic N) is 2. The van der Waals surface area contributed by atoms with E-state index in [1.165, 1.54) is 22.8 Å². The van der Waals surface area contributed by atoms with Crippen molar-refractivity contribution in [3.63, 3.8) is 0 Å². The number of benzene rings is 1. The highest BCUT2D eigenvalue weighted by molar-refractivity contribution is 5.84. The second kappa shape index (κ2) is 6.37. The first-order valence-corrected chi connectivity index (χ1v) is 8.23. The molecule has 0 aliphatic rings. The number of hydrogen-bond acceptors (Lipinski definition) is 2. The van der Waals surface area contributed by atoms with E-state index in [9.17, 15) is 0 Å². The smallest absolute Gasteiger partial charge is 0.0349 e. The summed E-state index contributed by atoms with van der Waals surface area (Å²) in [5.74, 6) is 0. The minimum Gasteiger partial charge on any atom is -0.294 e. The Balaban J connectivity index is 2.26. The van der Waals surface area contributed by atoms with Crippen molar-refractivity contribution in [2.75, 3.05) is 6.54 Å². The zero-order valence-corrected chi connectivity index (χ0v) is 15.0. The molecule has 0 N–H and O–H groups in total. The van der Waals surface area contributed by atoms with Crippen LogP contribution in [0.1, 0.15) is 53.5 Å². The van der Waals surface area contributed by atoms with E-state index in [1.807, 2.05) is 12.4 Å². The predicted molar refractivity (Wildman–Crippen MR) is 96.0 cm³/mol. The van der Waals surface area contributed by atoms with E-state index >= 15 is 0 Å². The summed E-state index contributed by atoms with van der Waals surface area (Å²) >= 11 is 0. The summed E-state index contributed by atoms with van der Waals surface area (Å²) < 4.78 is 0. The van der Waals surface area contributed by atoms with Crippen molar-refractivity contribution in [1.29, 1.82) is 0 Å². The summed E-state index contributed by atoms with van der Waals surface area (Å²) in [5, 5.41) is 2.55. The van der Waals surface area contributed by atoms with Gasteiger partial charge in [0.2, 0.25) is 0 Å². The fourth-order valence-electron chi connectivity index (χ4n) is 2.64. The third-order valence-corrected chi connectivity index (χ3v) is 4.22. The van der Waals surface area contributed by atoms with E-state index in [1.54, 1.807) is 0 Å². The van der Waals surface area contributed by atoms with Crippen molar-refractivity contribution in [3.05, 3.63) is 42.2 Å². The van der Waals surface area contributed by atoms with Crippen LogP contribution >= 0.6 is 0 Å². The maximum Gasteiger partial charge on any atom is 0.0349 e. The summed E-state index contributed by atoms with van der Waals surface area (Å²) in [5.41, 5.74) is 1.90. The Kier molecular flexibility index (Phi) is 4.91. The molecule has 0 bridgehead atoms. The largest absolute Gasteiger partial charge is 0.294 e. The molecule has 0 amide bonds. The van der Waals surface area contributed by atoms with Crippen LogP contribution in [-0.2, 0) is 6.54 Å². The number of fused-ring (bicyclic) bond motifs is 1. The van der Waals surface area contributed by atoms with Crippen LogP contribution in [0, 0.1) is 5.41 Å². The molecule has 0 spiro atoms. The van der Waals surface area contributed by atoms with Crippen LogP contribution in [-0.4, -0.2) is 22.0 Å². The zero-order chi connectivity index (χ0) is 16.4. The van der Waals surface area contributed by atoms with Crippen molar-refractivity contribution in [1.82, 2.24) is 9.88 Å². The molecule has 2 heteroatoms. The molecule has 22 heavy (non-hydrogen) atoms. The number of pyridine rings is 1. The lowest BCUT2D eigenvalue weighted by Crippen LogP contribution is -2.42. The molecular weight excluding hydrogens is 268 g/mol. The van der Waals surface area contributed by atoms with Gasteiger partial charge in [-0.2, -0.15) is 0 Å². The fourth-order valence-corrected chi connectivity index (χ4v) is 2.64. The third-order valence-electron chi connectivity index (χ3n) is 4.22. The lowest BCUT2D eigenvalue weighted by Gasteiger charge is -2.37. The van der Waals surface area contributed by atoms with Crippen LogP contribution < -0.4 is 0 Å². The predicted octanol–water partition coefficient (Wildman–Crippen LogP) is 5.27. The molecule has 2 aromatic rings. The van der Waals surface area contributed by atoms with Crippen molar-refractivity contribution < 1.29 is 0 Å². The zero-order valence-electron chi connectivity index (χ0n) is 15.0. The Hall–Kier alpha value is -1.41. The minimum atomic E-state index is 0.162. The van der Waals surface area contributed by atoms with Crippen molar-refractivity contribution in [3.8, 4) is 0 Å². The Bertz CT molecular complexity index is 612. The van der Waals surface area contributed by atoms with E-state index in [0.717, 1.165) is 13.1 Å². The molecule has 1 aromatic carbocycles. The van der Waals surface area contributed by atoms with Gasteiger partial charge in [-0.25, -0.2) is 0 Å². The van der Waals surface area contributed by atoms with E-state index in [0.29, 0.717) is 5.41 Å². The van der Waals surface area contributed by atoms with Gasteiger partial charge in [0.25, 0.3) is 0 Å². The van der Waals surface area contributed by atoms with E-state index in [-0.39, 0.29) is 5.54 Å². The molecule has 1 heterocycles. The molecule has 2 nitrogen and oxygen atoms in total. The SMILES string of the molecule is CC(C)(C)CCN(Cc1cccc2ccncc12)C(C)(C)C. The normalized spacial score (nSPS) is 13.0. The lowest BCUT2D eigenvalue weighted by molar-refractivity contribution is 0.111. The molecule has 0 unspecified atom stereocenters. The second-order valence-electron chi connectivity index (χ2n) is 8.42. The van der Waals surface area contributed by atoms with Crippen molar-refractivity contribution >= 4 is 10.8 Å². The monoisotopic (exact) mass is 298 g/mol. The quantitative estimate of drug-likeness (QED) is 0.764. The third kappa shape index (κ3) is 4.54. The summed E-state index contributed by atoms with van der Waals surface area (Å²) in [4.78, 5) is 6.89. The van der Waals surface area contributed by atoms with Gasteiger partial charge >= 0.3 is 0 Å². The van der Waals surface area contributed by atoms with Gasteiger partial charge in [-0.05, 0) is 56.2 Å². The van der Waals surface area contributed by atoms with Gasteiger partial charge in [-0.3, -0.25) is 9.88 Å². The van der Waals surface area contributed by atoms with Crippen LogP contribution in [0.15, 0.2) is 36.7 Å². The number of aromatic nitrogens is 1. The Labute approximate surface area is 135 Å². The molecule has 0 aliphatic heterocycles. The van der Waals surface area contributed by atoms with E-state index < -0.39 is 0 Å².